The van der Waals surface area contributed by atoms with Gasteiger partial charge in [0.2, 0.25) is 5.91 Å². The summed E-state index contributed by atoms with van der Waals surface area (Å²) in [6.07, 6.45) is 0.836. The Kier molecular flexibility index (Phi) is 3.19. The van der Waals surface area contributed by atoms with Crippen molar-refractivity contribution in [2.75, 3.05) is 16.8 Å². The highest BCUT2D eigenvalue weighted by molar-refractivity contribution is 6.00. The number of hydrogen-bond acceptors (Lipinski definition) is 2. The fourth-order valence-corrected chi connectivity index (χ4v) is 2.41. The summed E-state index contributed by atoms with van der Waals surface area (Å²) in [5.41, 5.74) is 1.97. The van der Waals surface area contributed by atoms with Crippen LogP contribution in [0.4, 0.5) is 11.4 Å². The molecule has 19 heavy (non-hydrogen) atoms. The fourth-order valence-electron chi connectivity index (χ4n) is 2.41. The van der Waals surface area contributed by atoms with Gasteiger partial charge >= 0.3 is 0 Å². The first-order chi connectivity index (χ1) is 9.34. The van der Waals surface area contributed by atoms with Crippen molar-refractivity contribution in [2.24, 2.45) is 0 Å². The van der Waals surface area contributed by atoms with Crippen LogP contribution in [0.5, 0.6) is 0 Å². The standard InChI is InChI=1S/C16H16N2O/c19-16-15(17-13-7-3-1-4-8-13)11-12-18(16)14-9-5-2-6-10-14/h1-10,15,17H,11-12H2/t15-/m1/s1. The second-order valence-corrected chi connectivity index (χ2v) is 4.68. The SMILES string of the molecule is O=C1[C@H](Nc2ccccc2)CCN1c1ccccc1. The number of nitrogens with one attached hydrogen (secondary N) is 1. The highest BCUT2D eigenvalue weighted by atomic mass is 16.2. The minimum atomic E-state index is -0.123. The smallest absolute Gasteiger partial charge is 0.249 e. The second kappa shape index (κ2) is 5.14. The van der Waals surface area contributed by atoms with Crippen LogP contribution in [-0.4, -0.2) is 18.5 Å². The Balaban J connectivity index is 1.73. The number of carbonyl (C=O) groups is 1. The van der Waals surface area contributed by atoms with Gasteiger partial charge in [0, 0.05) is 17.9 Å². The van der Waals surface area contributed by atoms with Gasteiger partial charge in [0.25, 0.3) is 0 Å². The molecule has 3 rings (SSSR count). The van der Waals surface area contributed by atoms with Crippen molar-refractivity contribution in [2.45, 2.75) is 12.5 Å². The lowest BCUT2D eigenvalue weighted by Crippen LogP contribution is -2.33. The van der Waals surface area contributed by atoms with Gasteiger partial charge in [-0.2, -0.15) is 0 Å². The average Bonchev–Trinajstić information content (AvgIpc) is 2.82. The minimum Gasteiger partial charge on any atom is -0.374 e. The first-order valence-electron chi connectivity index (χ1n) is 6.52. The van der Waals surface area contributed by atoms with Gasteiger partial charge in [0.1, 0.15) is 6.04 Å². The lowest BCUT2D eigenvalue weighted by Gasteiger charge is -2.17. The summed E-state index contributed by atoms with van der Waals surface area (Å²) in [6, 6.07) is 19.6. The molecule has 96 valence electrons. The van der Waals surface area contributed by atoms with Gasteiger partial charge in [-0.1, -0.05) is 36.4 Å². The molecule has 1 amide bonds. The van der Waals surface area contributed by atoms with Crippen molar-refractivity contribution in [3.8, 4) is 0 Å². The summed E-state index contributed by atoms with van der Waals surface area (Å²) in [5, 5.41) is 3.30. The topological polar surface area (TPSA) is 32.3 Å². The molecule has 1 fully saturated rings. The highest BCUT2D eigenvalue weighted by Gasteiger charge is 2.32. The Hall–Kier alpha value is -2.29. The van der Waals surface area contributed by atoms with Gasteiger partial charge in [-0.15, -0.1) is 0 Å². The van der Waals surface area contributed by atoms with Crippen LogP contribution in [-0.2, 0) is 4.79 Å². The van der Waals surface area contributed by atoms with Crippen LogP contribution in [0.1, 0.15) is 6.42 Å². The number of para-hydroxylation sites is 2. The lowest BCUT2D eigenvalue weighted by molar-refractivity contribution is -0.117. The molecule has 0 aliphatic carbocycles. The van der Waals surface area contributed by atoms with Crippen LogP contribution >= 0.6 is 0 Å². The van der Waals surface area contributed by atoms with Gasteiger partial charge in [-0.3, -0.25) is 4.79 Å². The van der Waals surface area contributed by atoms with E-state index in [1.165, 1.54) is 0 Å². The number of hydrogen-bond donors (Lipinski definition) is 1. The summed E-state index contributed by atoms with van der Waals surface area (Å²) in [6.45, 7) is 0.771. The first-order valence-corrected chi connectivity index (χ1v) is 6.52. The number of carbonyl (C=O) groups excluding carboxylic acids is 1. The first kappa shape index (κ1) is 11.8. The zero-order valence-corrected chi connectivity index (χ0v) is 10.6. The minimum absolute atomic E-state index is 0.123. The molecule has 0 bridgehead atoms. The predicted octanol–water partition coefficient (Wildman–Crippen LogP) is 2.90. The molecule has 0 spiro atoms. The van der Waals surface area contributed by atoms with Crippen LogP contribution < -0.4 is 10.2 Å². The second-order valence-electron chi connectivity index (χ2n) is 4.68. The third kappa shape index (κ3) is 2.45. The van der Waals surface area contributed by atoms with E-state index < -0.39 is 0 Å². The van der Waals surface area contributed by atoms with E-state index in [1.807, 2.05) is 65.6 Å². The molecule has 2 aromatic carbocycles. The Morgan fingerprint density at radius 2 is 1.58 bits per heavy atom. The summed E-state index contributed by atoms with van der Waals surface area (Å²) in [4.78, 5) is 14.2. The maximum absolute atomic E-state index is 12.4. The Labute approximate surface area is 112 Å². The normalized spacial score (nSPS) is 18.6. The Bertz CT molecular complexity index is 553. The van der Waals surface area contributed by atoms with Gasteiger partial charge in [0.15, 0.2) is 0 Å². The van der Waals surface area contributed by atoms with Gasteiger partial charge < -0.3 is 10.2 Å². The van der Waals surface area contributed by atoms with Crippen LogP contribution in [0.2, 0.25) is 0 Å². The highest BCUT2D eigenvalue weighted by Crippen LogP contribution is 2.23. The van der Waals surface area contributed by atoms with Crippen LogP contribution in [0.3, 0.4) is 0 Å². The summed E-state index contributed by atoms with van der Waals surface area (Å²) in [7, 11) is 0. The largest absolute Gasteiger partial charge is 0.374 e. The average molecular weight is 252 g/mol. The lowest BCUT2D eigenvalue weighted by atomic mass is 10.2. The zero-order chi connectivity index (χ0) is 13.1. The molecule has 1 aliphatic rings. The molecular weight excluding hydrogens is 236 g/mol. The van der Waals surface area contributed by atoms with E-state index in [4.69, 9.17) is 0 Å². The quantitative estimate of drug-likeness (QED) is 0.911. The molecule has 1 N–H and O–H groups in total. The number of amides is 1. The molecule has 1 aliphatic heterocycles. The van der Waals surface area contributed by atoms with Gasteiger partial charge in [0.05, 0.1) is 0 Å². The maximum atomic E-state index is 12.4. The van der Waals surface area contributed by atoms with Crippen molar-refractivity contribution in [3.05, 3.63) is 60.7 Å². The number of nitrogens with zero attached hydrogens (tertiary/aromatic N) is 1. The fraction of sp³-hybridized carbons (Fsp3) is 0.188. The Morgan fingerprint density at radius 1 is 0.947 bits per heavy atom. The van der Waals surface area contributed by atoms with E-state index in [1.54, 1.807) is 0 Å². The van der Waals surface area contributed by atoms with E-state index in [0.29, 0.717) is 0 Å². The van der Waals surface area contributed by atoms with Crippen LogP contribution in [0, 0.1) is 0 Å². The monoisotopic (exact) mass is 252 g/mol. The molecule has 1 heterocycles. The molecule has 3 nitrogen and oxygen atoms in total. The number of benzene rings is 2. The van der Waals surface area contributed by atoms with Crippen molar-refractivity contribution in [1.29, 1.82) is 0 Å². The van der Waals surface area contributed by atoms with E-state index in [2.05, 4.69) is 5.32 Å². The number of rotatable bonds is 3. The third-order valence-electron chi connectivity index (χ3n) is 3.39. The molecule has 0 unspecified atom stereocenters. The van der Waals surface area contributed by atoms with Crippen molar-refractivity contribution in [1.82, 2.24) is 0 Å². The molecule has 1 atom stereocenters. The summed E-state index contributed by atoms with van der Waals surface area (Å²) in [5.74, 6) is 0.148. The molecule has 2 aromatic rings. The van der Waals surface area contributed by atoms with Crippen molar-refractivity contribution in [3.63, 3.8) is 0 Å². The molecule has 0 aromatic heterocycles. The van der Waals surface area contributed by atoms with E-state index in [-0.39, 0.29) is 11.9 Å². The molecule has 1 saturated heterocycles. The summed E-state index contributed by atoms with van der Waals surface area (Å²) >= 11 is 0. The van der Waals surface area contributed by atoms with Gasteiger partial charge in [-0.05, 0) is 30.7 Å². The van der Waals surface area contributed by atoms with Crippen LogP contribution in [0.25, 0.3) is 0 Å². The number of anilines is 2. The zero-order valence-electron chi connectivity index (χ0n) is 10.6. The predicted molar refractivity (Wildman–Crippen MR) is 77.3 cm³/mol. The summed E-state index contributed by atoms with van der Waals surface area (Å²) < 4.78 is 0. The van der Waals surface area contributed by atoms with Crippen molar-refractivity contribution >= 4 is 17.3 Å². The van der Waals surface area contributed by atoms with Crippen LogP contribution in [0.15, 0.2) is 60.7 Å². The third-order valence-corrected chi connectivity index (χ3v) is 3.39. The molecule has 0 saturated carbocycles. The Morgan fingerprint density at radius 3 is 2.26 bits per heavy atom. The van der Waals surface area contributed by atoms with E-state index in [9.17, 15) is 4.79 Å². The van der Waals surface area contributed by atoms with E-state index in [0.717, 1.165) is 24.3 Å². The van der Waals surface area contributed by atoms with E-state index >= 15 is 0 Å². The molecule has 3 heteroatoms. The maximum Gasteiger partial charge on any atom is 0.249 e. The molecule has 0 radical (unpaired) electrons. The van der Waals surface area contributed by atoms with Crippen molar-refractivity contribution < 1.29 is 4.79 Å². The van der Waals surface area contributed by atoms with Gasteiger partial charge in [-0.25, -0.2) is 0 Å². The molecular formula is C16H16N2O.